The molecule has 2 N–H and O–H groups in total. The zero-order valence-corrected chi connectivity index (χ0v) is 15.1. The summed E-state index contributed by atoms with van der Waals surface area (Å²) in [4.78, 5) is 34.1. The Morgan fingerprint density at radius 2 is 1.75 bits per heavy atom. The first kappa shape index (κ1) is 19.1. The number of hydrogen-bond donors (Lipinski definition) is 2. The monoisotopic (exact) mass is 399 g/mol. The molecule has 2 amide bonds. The minimum absolute atomic E-state index is 0.0214. The molecule has 0 saturated carbocycles. The maximum Gasteiger partial charge on any atom is 0.288 e. The lowest BCUT2D eigenvalue weighted by Gasteiger charge is -2.09. The first-order chi connectivity index (χ1) is 13.4. The molecule has 0 fully saturated rings. The van der Waals surface area contributed by atoms with Crippen molar-refractivity contribution in [3.8, 4) is 5.75 Å². The van der Waals surface area contributed by atoms with Crippen LogP contribution in [0.1, 0.15) is 10.4 Å². The number of ether oxygens (including phenoxy) is 1. The number of halogens is 1. The Morgan fingerprint density at radius 1 is 1.00 bits per heavy atom. The molecule has 0 aliphatic rings. The molecule has 0 spiro atoms. The Morgan fingerprint density at radius 3 is 2.50 bits per heavy atom. The van der Waals surface area contributed by atoms with Gasteiger partial charge in [0.1, 0.15) is 10.8 Å². The van der Waals surface area contributed by atoms with Gasteiger partial charge in [0.2, 0.25) is 0 Å². The molecule has 3 aromatic rings. The maximum absolute atomic E-state index is 12.0. The van der Waals surface area contributed by atoms with Gasteiger partial charge in [0.05, 0.1) is 4.92 Å². The molecule has 9 heteroatoms. The number of carbonyl (C=O) groups is 2. The van der Waals surface area contributed by atoms with E-state index in [-0.39, 0.29) is 17.2 Å². The number of rotatable bonds is 5. The van der Waals surface area contributed by atoms with Crippen molar-refractivity contribution >= 4 is 39.9 Å². The highest BCUT2D eigenvalue weighted by Crippen LogP contribution is 2.25. The quantitative estimate of drug-likeness (QED) is 0.505. The van der Waals surface area contributed by atoms with Crippen LogP contribution in [0.4, 0.5) is 5.69 Å². The van der Waals surface area contributed by atoms with Gasteiger partial charge in [0, 0.05) is 11.6 Å². The summed E-state index contributed by atoms with van der Waals surface area (Å²) < 4.78 is 5.41. The highest BCUT2D eigenvalue weighted by atomic mass is 35.5. The highest BCUT2D eigenvalue weighted by Gasteiger charge is 2.16. The zero-order valence-electron chi connectivity index (χ0n) is 14.3. The maximum atomic E-state index is 12.0. The molecule has 0 heterocycles. The number of nitro groups is 1. The van der Waals surface area contributed by atoms with E-state index < -0.39 is 22.4 Å². The Labute approximate surface area is 164 Å². The van der Waals surface area contributed by atoms with Gasteiger partial charge in [-0.2, -0.15) is 0 Å². The fourth-order valence-corrected chi connectivity index (χ4v) is 2.62. The summed E-state index contributed by atoms with van der Waals surface area (Å²) >= 11 is 5.70. The predicted octanol–water partition coefficient (Wildman–Crippen LogP) is 3.24. The second-order valence-corrected chi connectivity index (χ2v) is 6.13. The van der Waals surface area contributed by atoms with Gasteiger partial charge in [-0.15, -0.1) is 0 Å². The normalized spacial score (nSPS) is 10.3. The number of amides is 2. The topological polar surface area (TPSA) is 111 Å². The van der Waals surface area contributed by atoms with Gasteiger partial charge in [-0.25, -0.2) is 0 Å². The first-order valence-electron chi connectivity index (χ1n) is 8.09. The van der Waals surface area contributed by atoms with E-state index in [1.807, 2.05) is 30.3 Å². The average Bonchev–Trinajstić information content (AvgIpc) is 2.70. The van der Waals surface area contributed by atoms with Crippen LogP contribution in [0.2, 0.25) is 5.02 Å². The molecule has 0 unspecified atom stereocenters. The molecule has 142 valence electrons. The van der Waals surface area contributed by atoms with E-state index in [0.29, 0.717) is 5.75 Å². The third kappa shape index (κ3) is 4.54. The lowest BCUT2D eigenvalue weighted by Crippen LogP contribution is -2.43. The second kappa shape index (κ2) is 8.36. The number of nitrogens with zero attached hydrogens (tertiary/aromatic N) is 1. The lowest BCUT2D eigenvalue weighted by molar-refractivity contribution is -0.384. The number of nitro benzene ring substituents is 1. The molecule has 28 heavy (non-hydrogen) atoms. The number of hydrogen-bond acceptors (Lipinski definition) is 5. The number of benzene rings is 3. The van der Waals surface area contributed by atoms with Gasteiger partial charge in [-0.05, 0) is 35.0 Å². The molecule has 0 radical (unpaired) electrons. The van der Waals surface area contributed by atoms with Crippen molar-refractivity contribution in [2.75, 3.05) is 6.61 Å². The number of carbonyl (C=O) groups excluding carboxylic acids is 2. The van der Waals surface area contributed by atoms with Crippen molar-refractivity contribution in [1.82, 2.24) is 10.9 Å². The Balaban J connectivity index is 1.54. The molecular formula is C19H14ClN3O5. The van der Waals surface area contributed by atoms with E-state index >= 15 is 0 Å². The van der Waals surface area contributed by atoms with Crippen LogP contribution < -0.4 is 15.6 Å². The molecule has 0 aromatic heterocycles. The van der Waals surface area contributed by atoms with Crippen molar-refractivity contribution in [2.45, 2.75) is 0 Å². The molecule has 0 bridgehead atoms. The van der Waals surface area contributed by atoms with E-state index in [0.717, 1.165) is 16.8 Å². The van der Waals surface area contributed by atoms with Crippen LogP contribution in [0.3, 0.4) is 0 Å². The molecule has 3 rings (SSSR count). The van der Waals surface area contributed by atoms with Gasteiger partial charge in [-0.1, -0.05) is 41.9 Å². The second-order valence-electron chi connectivity index (χ2n) is 5.72. The van der Waals surface area contributed by atoms with Crippen LogP contribution in [0.15, 0.2) is 60.7 Å². The van der Waals surface area contributed by atoms with Gasteiger partial charge < -0.3 is 4.74 Å². The van der Waals surface area contributed by atoms with E-state index in [1.54, 1.807) is 12.1 Å². The third-order valence-electron chi connectivity index (χ3n) is 3.81. The molecule has 0 aliphatic heterocycles. The van der Waals surface area contributed by atoms with Crippen molar-refractivity contribution in [2.24, 2.45) is 0 Å². The summed E-state index contributed by atoms with van der Waals surface area (Å²) in [6.07, 6.45) is 0. The van der Waals surface area contributed by atoms with Gasteiger partial charge in [0.15, 0.2) is 6.61 Å². The minimum Gasteiger partial charge on any atom is -0.484 e. The fraction of sp³-hybridized carbons (Fsp3) is 0.0526. The highest BCUT2D eigenvalue weighted by molar-refractivity contribution is 6.32. The summed E-state index contributed by atoms with van der Waals surface area (Å²) in [6, 6.07) is 16.7. The van der Waals surface area contributed by atoms with Gasteiger partial charge in [-0.3, -0.25) is 30.6 Å². The van der Waals surface area contributed by atoms with Crippen molar-refractivity contribution < 1.29 is 19.2 Å². The van der Waals surface area contributed by atoms with E-state index in [2.05, 4.69) is 10.9 Å². The summed E-state index contributed by atoms with van der Waals surface area (Å²) in [5.74, 6) is -0.808. The number of nitrogens with one attached hydrogen (secondary N) is 2. The lowest BCUT2D eigenvalue weighted by atomic mass is 10.1. The Hall–Kier alpha value is -3.65. The van der Waals surface area contributed by atoms with Crippen molar-refractivity contribution in [1.29, 1.82) is 0 Å². The molecule has 0 saturated heterocycles. The van der Waals surface area contributed by atoms with E-state index in [9.17, 15) is 19.7 Å². The molecular weight excluding hydrogens is 386 g/mol. The third-order valence-corrected chi connectivity index (χ3v) is 4.13. The zero-order chi connectivity index (χ0) is 20.1. The van der Waals surface area contributed by atoms with Gasteiger partial charge in [0.25, 0.3) is 17.5 Å². The molecule has 8 nitrogen and oxygen atoms in total. The summed E-state index contributed by atoms with van der Waals surface area (Å²) in [5.41, 5.74) is 3.93. The van der Waals surface area contributed by atoms with Crippen molar-refractivity contribution in [3.05, 3.63) is 81.4 Å². The SMILES string of the molecule is O=C(COc1ccc2ccccc2c1)NNC(=O)c1ccc(Cl)c([N+](=O)[O-])c1. The average molecular weight is 400 g/mol. The summed E-state index contributed by atoms with van der Waals surface area (Å²) in [6.45, 7) is -0.320. The predicted molar refractivity (Wildman–Crippen MR) is 103 cm³/mol. The van der Waals surface area contributed by atoms with Crippen LogP contribution in [-0.2, 0) is 4.79 Å². The van der Waals surface area contributed by atoms with Crippen LogP contribution >= 0.6 is 11.6 Å². The summed E-state index contributed by atoms with van der Waals surface area (Å²) in [5, 5.41) is 12.8. The molecule has 3 aromatic carbocycles. The Kier molecular flexibility index (Phi) is 5.71. The largest absolute Gasteiger partial charge is 0.484 e. The van der Waals surface area contributed by atoms with Crippen molar-refractivity contribution in [3.63, 3.8) is 0 Å². The Bertz CT molecular complexity index is 1070. The van der Waals surface area contributed by atoms with Gasteiger partial charge >= 0.3 is 0 Å². The minimum atomic E-state index is -0.723. The fourth-order valence-electron chi connectivity index (χ4n) is 2.43. The van der Waals surface area contributed by atoms with Crippen LogP contribution in [0.25, 0.3) is 10.8 Å². The summed E-state index contributed by atoms with van der Waals surface area (Å²) in [7, 11) is 0. The standard InChI is InChI=1S/C19H14ClN3O5/c20-16-8-6-14(10-17(16)23(26)27)19(25)22-21-18(24)11-28-15-7-5-12-3-1-2-4-13(12)9-15/h1-10H,11H2,(H,21,24)(H,22,25). The molecule has 0 atom stereocenters. The van der Waals surface area contributed by atoms with E-state index in [4.69, 9.17) is 16.3 Å². The van der Waals surface area contributed by atoms with E-state index in [1.165, 1.54) is 12.1 Å². The van der Waals surface area contributed by atoms with Crippen LogP contribution in [-0.4, -0.2) is 23.3 Å². The molecule has 0 aliphatic carbocycles. The smallest absolute Gasteiger partial charge is 0.288 e. The number of hydrazine groups is 1. The van der Waals surface area contributed by atoms with Crippen LogP contribution in [0, 0.1) is 10.1 Å². The van der Waals surface area contributed by atoms with Crippen LogP contribution in [0.5, 0.6) is 5.75 Å². The first-order valence-corrected chi connectivity index (χ1v) is 8.46. The number of fused-ring (bicyclic) bond motifs is 1.